The summed E-state index contributed by atoms with van der Waals surface area (Å²) in [5, 5.41) is 0.888. The maximum absolute atomic E-state index is 13.8. The fourth-order valence-corrected chi connectivity index (χ4v) is 7.61. The first-order valence-corrected chi connectivity index (χ1v) is 15.4. The van der Waals surface area contributed by atoms with Crippen molar-refractivity contribution in [1.82, 2.24) is 19.8 Å². The fourth-order valence-electron chi connectivity index (χ4n) is 7.61. The van der Waals surface area contributed by atoms with Crippen LogP contribution in [0.15, 0.2) is 48.8 Å². The Balaban J connectivity index is 1.26. The standard InChI is InChI=1S/C34H37FN6O2/c1-21(35)33(42)41-15-14-40(19-26(41)18-36-2)32-29-12-10-23(27-8-4-6-24-16-22-9-11-28(22)31(24)27)17-30(29)37-34(38-32)43-20-25-7-5-13-39(25)3/h4,6,8,10,12,17,22,25-26,28H,1,5,7,9,11,13-16,18-20H2,3H3/t22?,25-,26-,28?/m0/s1. The number of ether oxygens (including phenoxy) is 1. The van der Waals surface area contributed by atoms with Gasteiger partial charge in [-0.15, -0.1) is 0 Å². The lowest BCUT2D eigenvalue weighted by molar-refractivity contribution is -0.131. The topological polar surface area (TPSA) is 66.2 Å². The first-order valence-electron chi connectivity index (χ1n) is 15.4. The van der Waals surface area contributed by atoms with Crippen LogP contribution in [-0.2, 0) is 11.2 Å². The third-order valence-corrected chi connectivity index (χ3v) is 10.1. The lowest BCUT2D eigenvalue weighted by atomic mass is 9.73. The van der Waals surface area contributed by atoms with Crippen LogP contribution in [0.25, 0.3) is 26.9 Å². The molecule has 1 amide bonds. The highest BCUT2D eigenvalue weighted by atomic mass is 19.1. The third kappa shape index (κ3) is 5.02. The molecule has 4 aliphatic rings. The van der Waals surface area contributed by atoms with Crippen LogP contribution < -0.4 is 9.64 Å². The Morgan fingerprint density at radius 1 is 1.14 bits per heavy atom. The van der Waals surface area contributed by atoms with E-state index in [1.807, 2.05) is 0 Å². The van der Waals surface area contributed by atoms with E-state index in [0.717, 1.165) is 41.8 Å². The number of amides is 1. The molecule has 2 aliphatic heterocycles. The number of aromatic nitrogens is 2. The van der Waals surface area contributed by atoms with Gasteiger partial charge in [0.25, 0.3) is 5.91 Å². The molecule has 2 aromatic carbocycles. The highest BCUT2D eigenvalue weighted by Gasteiger charge is 2.40. The molecule has 2 unspecified atom stereocenters. The van der Waals surface area contributed by atoms with Gasteiger partial charge in [0.05, 0.1) is 5.52 Å². The van der Waals surface area contributed by atoms with Crippen molar-refractivity contribution in [1.29, 1.82) is 0 Å². The second-order valence-corrected chi connectivity index (χ2v) is 12.5. The van der Waals surface area contributed by atoms with Crippen molar-refractivity contribution in [2.24, 2.45) is 5.92 Å². The zero-order chi connectivity index (χ0) is 29.7. The zero-order valence-electron chi connectivity index (χ0n) is 24.6. The predicted octanol–water partition coefficient (Wildman–Crippen LogP) is 5.24. The van der Waals surface area contributed by atoms with E-state index in [1.165, 1.54) is 40.9 Å². The van der Waals surface area contributed by atoms with Crippen LogP contribution in [0, 0.1) is 12.5 Å². The molecular weight excluding hydrogens is 543 g/mol. The summed E-state index contributed by atoms with van der Waals surface area (Å²) < 4.78 is 20.1. The smallest absolute Gasteiger partial charge is 0.319 e. The molecule has 0 N–H and O–H groups in total. The Morgan fingerprint density at radius 3 is 2.77 bits per heavy atom. The van der Waals surface area contributed by atoms with E-state index in [-0.39, 0.29) is 13.1 Å². The summed E-state index contributed by atoms with van der Waals surface area (Å²) in [5.41, 5.74) is 6.22. The highest BCUT2D eigenvalue weighted by Crippen LogP contribution is 2.54. The molecule has 222 valence electrons. The van der Waals surface area contributed by atoms with E-state index >= 15 is 0 Å². The average Bonchev–Trinajstić information content (AvgIpc) is 3.53. The van der Waals surface area contributed by atoms with Crippen LogP contribution in [0.4, 0.5) is 10.2 Å². The van der Waals surface area contributed by atoms with Crippen molar-refractivity contribution in [2.75, 3.05) is 51.3 Å². The van der Waals surface area contributed by atoms with Crippen molar-refractivity contribution in [2.45, 2.75) is 50.1 Å². The van der Waals surface area contributed by atoms with Gasteiger partial charge in [-0.25, -0.2) is 11.0 Å². The maximum Gasteiger partial charge on any atom is 0.319 e. The van der Waals surface area contributed by atoms with Crippen LogP contribution in [0.1, 0.15) is 42.7 Å². The number of fused-ring (bicyclic) bond motifs is 4. The number of halogens is 1. The largest absolute Gasteiger partial charge is 0.462 e. The number of rotatable bonds is 7. The number of piperazine rings is 1. The number of carbonyl (C=O) groups is 1. The van der Waals surface area contributed by atoms with Crippen molar-refractivity contribution in [3.8, 4) is 17.1 Å². The predicted molar refractivity (Wildman–Crippen MR) is 165 cm³/mol. The Bertz CT molecular complexity index is 1640. The van der Waals surface area contributed by atoms with Gasteiger partial charge in [0.15, 0.2) is 5.83 Å². The fraction of sp³-hybridized carbons (Fsp3) is 0.471. The van der Waals surface area contributed by atoms with E-state index in [9.17, 15) is 9.18 Å². The number of likely N-dealkylation sites (N-methyl/N-ethyl adjacent to an activating group) is 1. The van der Waals surface area contributed by atoms with Gasteiger partial charge < -0.3 is 24.3 Å². The minimum absolute atomic E-state index is 0.0708. The van der Waals surface area contributed by atoms with Crippen molar-refractivity contribution >= 4 is 22.6 Å². The Kier molecular flexibility index (Phi) is 7.26. The van der Waals surface area contributed by atoms with Crippen LogP contribution >= 0.6 is 0 Å². The molecule has 3 aromatic rings. The molecule has 4 atom stereocenters. The number of likely N-dealkylation sites (tertiary alicyclic amines) is 1. The van der Waals surface area contributed by atoms with E-state index < -0.39 is 17.8 Å². The van der Waals surface area contributed by atoms with E-state index in [2.05, 4.69) is 64.7 Å². The quantitative estimate of drug-likeness (QED) is 0.281. The lowest BCUT2D eigenvalue weighted by Crippen LogP contribution is -2.56. The van der Waals surface area contributed by atoms with Crippen molar-refractivity contribution < 1.29 is 13.9 Å². The van der Waals surface area contributed by atoms with E-state index in [1.54, 1.807) is 0 Å². The van der Waals surface area contributed by atoms with Gasteiger partial charge in [0, 0.05) is 31.1 Å². The number of anilines is 1. The monoisotopic (exact) mass is 580 g/mol. The van der Waals surface area contributed by atoms with Crippen molar-refractivity contribution in [3.05, 3.63) is 71.3 Å². The summed E-state index contributed by atoms with van der Waals surface area (Å²) in [6.07, 6.45) is 5.99. The molecule has 8 nitrogen and oxygen atoms in total. The second-order valence-electron chi connectivity index (χ2n) is 12.5. The maximum atomic E-state index is 13.8. The molecule has 43 heavy (non-hydrogen) atoms. The summed E-state index contributed by atoms with van der Waals surface area (Å²) in [5.74, 6) is 0.396. The van der Waals surface area contributed by atoms with Gasteiger partial charge in [-0.2, -0.15) is 9.97 Å². The van der Waals surface area contributed by atoms with Crippen LogP contribution in [0.5, 0.6) is 6.01 Å². The molecule has 1 saturated carbocycles. The number of nitrogens with zero attached hydrogens (tertiary/aromatic N) is 6. The number of hydrogen-bond donors (Lipinski definition) is 0. The molecule has 7 rings (SSSR count). The number of carbonyl (C=O) groups excluding carboxylic acids is 1. The van der Waals surface area contributed by atoms with Gasteiger partial charge >= 0.3 is 6.01 Å². The first kappa shape index (κ1) is 27.8. The summed E-state index contributed by atoms with van der Waals surface area (Å²) >= 11 is 0. The number of hydrogen-bond acceptors (Lipinski definition) is 6. The average molecular weight is 581 g/mol. The van der Waals surface area contributed by atoms with Crippen LogP contribution in [-0.4, -0.2) is 84.1 Å². The van der Waals surface area contributed by atoms with Crippen LogP contribution in [0.3, 0.4) is 0 Å². The Morgan fingerprint density at radius 2 is 2.02 bits per heavy atom. The van der Waals surface area contributed by atoms with E-state index in [4.69, 9.17) is 21.3 Å². The molecule has 9 heteroatoms. The zero-order valence-corrected chi connectivity index (χ0v) is 24.6. The molecule has 0 spiro atoms. The molecule has 2 aliphatic carbocycles. The summed E-state index contributed by atoms with van der Waals surface area (Å²) in [7, 11) is 2.12. The summed E-state index contributed by atoms with van der Waals surface area (Å²) in [6, 6.07) is 13.3. The second kappa shape index (κ2) is 11.2. The minimum atomic E-state index is -1.00. The molecule has 3 fully saturated rings. The lowest BCUT2D eigenvalue weighted by Gasteiger charge is -2.39. The third-order valence-electron chi connectivity index (χ3n) is 10.1. The molecule has 3 heterocycles. The Labute approximate surface area is 252 Å². The van der Waals surface area contributed by atoms with Crippen LogP contribution in [0.2, 0.25) is 0 Å². The summed E-state index contributed by atoms with van der Waals surface area (Å²) in [4.78, 5) is 31.7. The highest BCUT2D eigenvalue weighted by molar-refractivity contribution is 5.94. The minimum Gasteiger partial charge on any atom is -0.462 e. The normalized spacial score (nSPS) is 24.8. The molecule has 2 saturated heterocycles. The molecular formula is C34H37FN6O2. The summed E-state index contributed by atoms with van der Waals surface area (Å²) in [6.45, 7) is 13.4. The SMILES string of the molecule is [C-]#[N+]C[C@H]1CN(c2nc(OC[C@@H]3CCCN3C)nc3cc(-c4cccc5c4C4CCC4C5)ccc23)CCN1C(=O)C(=C)F. The Hall–Kier alpha value is -4.03. The van der Waals surface area contributed by atoms with Gasteiger partial charge in [-0.05, 0) is 91.9 Å². The van der Waals surface area contributed by atoms with Gasteiger partial charge in [-0.3, -0.25) is 4.79 Å². The molecule has 1 aromatic heterocycles. The van der Waals surface area contributed by atoms with Gasteiger partial charge in [0.2, 0.25) is 6.54 Å². The van der Waals surface area contributed by atoms with Gasteiger partial charge in [0.1, 0.15) is 18.5 Å². The molecule has 0 radical (unpaired) electrons. The number of benzene rings is 2. The van der Waals surface area contributed by atoms with Crippen molar-refractivity contribution in [3.63, 3.8) is 0 Å². The van der Waals surface area contributed by atoms with Gasteiger partial charge in [-0.1, -0.05) is 30.8 Å². The first-order chi connectivity index (χ1) is 20.9. The van der Waals surface area contributed by atoms with E-state index in [0.29, 0.717) is 43.5 Å². The molecule has 0 bridgehead atoms.